The number of aromatic nitrogens is 2. The van der Waals surface area contributed by atoms with Crippen molar-refractivity contribution < 1.29 is 14.3 Å². The molecule has 0 fully saturated rings. The van der Waals surface area contributed by atoms with Gasteiger partial charge < -0.3 is 15.5 Å². The predicted molar refractivity (Wildman–Crippen MR) is 99.0 cm³/mol. The number of aromatic amines is 1. The number of anilines is 1. The normalized spacial score (nSPS) is 12.7. The molecular weight excluding hydrogens is 352 g/mol. The molecule has 4 rings (SSSR count). The van der Waals surface area contributed by atoms with Gasteiger partial charge in [0.15, 0.2) is 5.13 Å². The maximum atomic E-state index is 12.5. The van der Waals surface area contributed by atoms with Gasteiger partial charge in [0.25, 0.3) is 11.8 Å². The first-order valence-corrected chi connectivity index (χ1v) is 8.66. The molecule has 1 aliphatic heterocycles. The number of benzene rings is 1. The summed E-state index contributed by atoms with van der Waals surface area (Å²) in [4.78, 5) is 30.8. The standard InChI is InChI=1S/C18H14N4O3S/c19-16(23)13-6-11(7-20-13)14-9-26-18(21-14)22-17(24)12-5-10-3-1-2-4-15(10)25-8-12/h1-7,9,20H,8H2,(H2,19,23)(H,21,22,24). The molecule has 7 nitrogen and oxygen atoms in total. The SMILES string of the molecule is NC(=O)c1cc(-c2csc(NC(=O)C3=Cc4ccccc4OC3)n2)c[nH]1. The molecule has 2 amide bonds. The quantitative estimate of drug-likeness (QED) is 0.659. The number of hydrogen-bond acceptors (Lipinski definition) is 5. The first kappa shape index (κ1) is 16.1. The van der Waals surface area contributed by atoms with Gasteiger partial charge in [-0.1, -0.05) is 18.2 Å². The third kappa shape index (κ3) is 3.09. The number of hydrogen-bond donors (Lipinski definition) is 3. The van der Waals surface area contributed by atoms with Gasteiger partial charge in [-0.15, -0.1) is 11.3 Å². The molecule has 0 unspecified atom stereocenters. The molecule has 8 heteroatoms. The lowest BCUT2D eigenvalue weighted by molar-refractivity contribution is -0.113. The second kappa shape index (κ2) is 6.49. The number of amides is 2. The Morgan fingerprint density at radius 3 is 2.96 bits per heavy atom. The van der Waals surface area contributed by atoms with E-state index in [1.807, 2.05) is 30.3 Å². The van der Waals surface area contributed by atoms with Crippen molar-refractivity contribution in [2.45, 2.75) is 0 Å². The first-order valence-electron chi connectivity index (χ1n) is 7.78. The Bertz CT molecular complexity index is 1030. The second-order valence-electron chi connectivity index (χ2n) is 5.65. The molecule has 0 atom stereocenters. The molecule has 3 aromatic rings. The summed E-state index contributed by atoms with van der Waals surface area (Å²) >= 11 is 1.30. The summed E-state index contributed by atoms with van der Waals surface area (Å²) in [5.41, 5.74) is 8.31. The number of ether oxygens (including phenoxy) is 1. The largest absolute Gasteiger partial charge is 0.488 e. The maximum Gasteiger partial charge on any atom is 0.265 e. The zero-order valence-electron chi connectivity index (χ0n) is 13.5. The topological polar surface area (TPSA) is 110 Å². The zero-order valence-corrected chi connectivity index (χ0v) is 14.3. The molecule has 0 spiro atoms. The number of rotatable bonds is 4. The second-order valence-corrected chi connectivity index (χ2v) is 6.51. The minimum atomic E-state index is -0.537. The third-order valence-corrected chi connectivity index (χ3v) is 4.65. The van der Waals surface area contributed by atoms with Crippen LogP contribution in [0.1, 0.15) is 16.1 Å². The van der Waals surface area contributed by atoms with Gasteiger partial charge in [-0.25, -0.2) is 4.98 Å². The molecule has 1 aliphatic rings. The highest BCUT2D eigenvalue weighted by Gasteiger charge is 2.18. The molecule has 26 heavy (non-hydrogen) atoms. The van der Waals surface area contributed by atoms with E-state index in [0.717, 1.165) is 16.9 Å². The van der Waals surface area contributed by atoms with Crippen molar-refractivity contribution in [1.29, 1.82) is 0 Å². The van der Waals surface area contributed by atoms with Crippen LogP contribution >= 0.6 is 11.3 Å². The molecule has 3 heterocycles. The molecule has 0 aliphatic carbocycles. The lowest BCUT2D eigenvalue weighted by Crippen LogP contribution is -2.21. The van der Waals surface area contributed by atoms with Crippen LogP contribution in [-0.2, 0) is 4.79 Å². The van der Waals surface area contributed by atoms with Crippen LogP contribution in [-0.4, -0.2) is 28.4 Å². The van der Waals surface area contributed by atoms with E-state index in [1.54, 1.807) is 17.6 Å². The van der Waals surface area contributed by atoms with Crippen LogP contribution < -0.4 is 15.8 Å². The van der Waals surface area contributed by atoms with E-state index in [-0.39, 0.29) is 12.5 Å². The number of fused-ring (bicyclic) bond motifs is 1. The lowest BCUT2D eigenvalue weighted by Gasteiger charge is -2.16. The van der Waals surface area contributed by atoms with Gasteiger partial charge in [0.2, 0.25) is 0 Å². The van der Waals surface area contributed by atoms with Crippen molar-refractivity contribution in [2.75, 3.05) is 11.9 Å². The predicted octanol–water partition coefficient (Wildman–Crippen LogP) is 2.65. The summed E-state index contributed by atoms with van der Waals surface area (Å²) in [5, 5.41) is 5.04. The van der Waals surface area contributed by atoms with Gasteiger partial charge in [0.1, 0.15) is 18.1 Å². The fraction of sp³-hybridized carbons (Fsp3) is 0.0556. The number of H-pyrrole nitrogens is 1. The van der Waals surface area contributed by atoms with Crippen LogP contribution in [0.25, 0.3) is 17.3 Å². The Morgan fingerprint density at radius 2 is 2.15 bits per heavy atom. The van der Waals surface area contributed by atoms with Gasteiger partial charge in [-0.3, -0.25) is 14.9 Å². The number of nitrogens with one attached hydrogen (secondary N) is 2. The summed E-state index contributed by atoms with van der Waals surface area (Å²) in [7, 11) is 0. The van der Waals surface area contributed by atoms with Crippen LogP contribution in [0.2, 0.25) is 0 Å². The molecule has 0 saturated carbocycles. The van der Waals surface area contributed by atoms with Crippen molar-refractivity contribution in [3.63, 3.8) is 0 Å². The summed E-state index contributed by atoms with van der Waals surface area (Å²) < 4.78 is 5.60. The van der Waals surface area contributed by atoms with Crippen molar-refractivity contribution in [1.82, 2.24) is 9.97 Å². The molecule has 1 aromatic carbocycles. The van der Waals surface area contributed by atoms with Gasteiger partial charge in [-0.2, -0.15) is 0 Å². The Hall–Kier alpha value is -3.39. The third-order valence-electron chi connectivity index (χ3n) is 3.89. The van der Waals surface area contributed by atoms with Crippen molar-refractivity contribution in [3.05, 3.63) is 58.7 Å². The Labute approximate surface area is 152 Å². The average molecular weight is 366 g/mol. The molecule has 4 N–H and O–H groups in total. The van der Waals surface area contributed by atoms with Gasteiger partial charge in [0, 0.05) is 22.7 Å². The zero-order chi connectivity index (χ0) is 18.1. The van der Waals surface area contributed by atoms with Gasteiger partial charge >= 0.3 is 0 Å². The number of para-hydroxylation sites is 1. The Morgan fingerprint density at radius 1 is 1.31 bits per heavy atom. The number of nitrogens with zero attached hydrogens (tertiary/aromatic N) is 1. The van der Waals surface area contributed by atoms with E-state index in [4.69, 9.17) is 10.5 Å². The van der Waals surface area contributed by atoms with E-state index >= 15 is 0 Å². The van der Waals surface area contributed by atoms with Crippen LogP contribution in [0, 0.1) is 0 Å². The summed E-state index contributed by atoms with van der Waals surface area (Å²) in [6, 6.07) is 9.16. The number of primary amides is 1. The maximum absolute atomic E-state index is 12.5. The van der Waals surface area contributed by atoms with E-state index in [2.05, 4.69) is 15.3 Å². The highest BCUT2D eigenvalue weighted by molar-refractivity contribution is 7.14. The summed E-state index contributed by atoms with van der Waals surface area (Å²) in [6.07, 6.45) is 3.46. The van der Waals surface area contributed by atoms with Crippen LogP contribution in [0.15, 0.2) is 47.5 Å². The fourth-order valence-electron chi connectivity index (χ4n) is 2.57. The number of nitrogens with two attached hydrogens (primary N) is 1. The molecule has 0 saturated heterocycles. The molecule has 0 bridgehead atoms. The minimum absolute atomic E-state index is 0.209. The molecule has 0 radical (unpaired) electrons. The highest BCUT2D eigenvalue weighted by atomic mass is 32.1. The lowest BCUT2D eigenvalue weighted by atomic mass is 10.1. The van der Waals surface area contributed by atoms with E-state index in [9.17, 15) is 9.59 Å². The Balaban J connectivity index is 1.50. The minimum Gasteiger partial charge on any atom is -0.488 e. The Kier molecular flexibility index (Phi) is 4.02. The first-order chi connectivity index (χ1) is 12.6. The molecular formula is C18H14N4O3S. The van der Waals surface area contributed by atoms with E-state index < -0.39 is 5.91 Å². The number of thiazole rings is 1. The van der Waals surface area contributed by atoms with E-state index in [1.165, 1.54) is 11.3 Å². The summed E-state index contributed by atoms with van der Waals surface area (Å²) in [6.45, 7) is 0.209. The highest BCUT2D eigenvalue weighted by Crippen LogP contribution is 2.28. The van der Waals surface area contributed by atoms with Crippen LogP contribution in [0.5, 0.6) is 5.75 Å². The van der Waals surface area contributed by atoms with Crippen LogP contribution in [0.3, 0.4) is 0 Å². The van der Waals surface area contributed by atoms with Crippen LogP contribution in [0.4, 0.5) is 5.13 Å². The number of carbonyl (C=O) groups is 2. The summed E-state index contributed by atoms with van der Waals surface area (Å²) in [5.74, 6) is -0.0323. The van der Waals surface area contributed by atoms with Crippen molar-refractivity contribution in [3.8, 4) is 17.0 Å². The van der Waals surface area contributed by atoms with Crippen molar-refractivity contribution in [2.24, 2.45) is 5.73 Å². The number of carbonyl (C=O) groups excluding carboxylic acids is 2. The fourth-order valence-corrected chi connectivity index (χ4v) is 3.29. The molecule has 130 valence electrons. The van der Waals surface area contributed by atoms with E-state index in [0.29, 0.717) is 22.1 Å². The van der Waals surface area contributed by atoms with Gasteiger partial charge in [0.05, 0.1) is 11.3 Å². The average Bonchev–Trinajstić information content (AvgIpc) is 3.30. The smallest absolute Gasteiger partial charge is 0.265 e. The monoisotopic (exact) mass is 366 g/mol. The molecule has 2 aromatic heterocycles. The van der Waals surface area contributed by atoms with Crippen molar-refractivity contribution >= 4 is 34.4 Å². The van der Waals surface area contributed by atoms with Gasteiger partial charge in [-0.05, 0) is 18.2 Å².